The number of hydrogen-bond donors (Lipinski definition) is 1. The Balaban J connectivity index is 4.14. The zero-order chi connectivity index (χ0) is 8.85. The Kier molecular flexibility index (Phi) is 4.85. The van der Waals surface area contributed by atoms with E-state index in [1.54, 1.807) is 0 Å². The van der Waals surface area contributed by atoms with E-state index in [4.69, 9.17) is 26.8 Å². The molecule has 0 saturated heterocycles. The quantitative estimate of drug-likeness (QED) is 0.496. The van der Waals surface area contributed by atoms with Crippen LogP contribution < -0.4 is 5.73 Å². The molecule has 0 aromatic heterocycles. The predicted octanol–water partition coefficient (Wildman–Crippen LogP) is 0.213. The maximum Gasteiger partial charge on any atom is 0.260 e. The Hall–Kier alpha value is -0.580. The summed E-state index contributed by atoms with van der Waals surface area (Å²) in [5, 5.41) is -0.0984. The fourth-order valence-corrected chi connectivity index (χ4v) is 0.537. The van der Waals surface area contributed by atoms with Gasteiger partial charge in [0.25, 0.3) is 5.91 Å². The summed E-state index contributed by atoms with van der Waals surface area (Å²) in [6.07, 6.45) is 0.652. The van der Waals surface area contributed by atoms with Gasteiger partial charge >= 0.3 is 0 Å². The summed E-state index contributed by atoms with van der Waals surface area (Å²) in [6, 6.07) is 0. The molecule has 0 aliphatic carbocycles. The molecule has 4 nitrogen and oxygen atoms in total. The van der Waals surface area contributed by atoms with Crippen LogP contribution in [0.3, 0.4) is 0 Å². The van der Waals surface area contributed by atoms with Crippen molar-refractivity contribution in [2.75, 3.05) is 14.2 Å². The minimum Gasteiger partial charge on any atom is -0.365 e. The van der Waals surface area contributed by atoms with Crippen LogP contribution in [0.1, 0.15) is 0 Å². The lowest BCUT2D eigenvalue weighted by atomic mass is 10.4. The maximum atomic E-state index is 10.4. The lowest BCUT2D eigenvalue weighted by Crippen LogP contribution is -2.15. The van der Waals surface area contributed by atoms with Gasteiger partial charge in [-0.05, 0) is 6.08 Å². The zero-order valence-corrected chi connectivity index (χ0v) is 7.09. The lowest BCUT2D eigenvalue weighted by Gasteiger charge is -2.07. The Morgan fingerprint density at radius 3 is 2.27 bits per heavy atom. The first kappa shape index (κ1) is 10.4. The Morgan fingerprint density at radius 2 is 2.00 bits per heavy atom. The second-order valence-corrected chi connectivity index (χ2v) is 2.13. The van der Waals surface area contributed by atoms with E-state index >= 15 is 0 Å². The van der Waals surface area contributed by atoms with Gasteiger partial charge in [0, 0.05) is 14.2 Å². The van der Waals surface area contributed by atoms with Crippen LogP contribution in [-0.2, 0) is 14.3 Å². The first-order chi connectivity index (χ1) is 5.11. The maximum absolute atomic E-state index is 10.4. The Bertz CT molecular complexity index is 165. The number of halogens is 1. The van der Waals surface area contributed by atoms with Crippen LogP contribution in [0.25, 0.3) is 0 Å². The molecule has 0 heterocycles. The molecule has 1 amide bonds. The van der Waals surface area contributed by atoms with Crippen LogP contribution in [0.15, 0.2) is 11.1 Å². The minimum absolute atomic E-state index is 0.0984. The number of carbonyl (C=O) groups excluding carboxylic acids is 1. The normalized spacial score (nSPS) is 12.2. The fourth-order valence-electron chi connectivity index (χ4n) is 0.434. The highest BCUT2D eigenvalue weighted by Gasteiger charge is 2.05. The van der Waals surface area contributed by atoms with Gasteiger partial charge in [-0.3, -0.25) is 4.79 Å². The summed E-state index contributed by atoms with van der Waals surface area (Å²) < 4.78 is 9.46. The van der Waals surface area contributed by atoms with E-state index in [-0.39, 0.29) is 5.03 Å². The molecule has 2 N–H and O–H groups in total. The largest absolute Gasteiger partial charge is 0.365 e. The lowest BCUT2D eigenvalue weighted by molar-refractivity contribution is -0.114. The third kappa shape index (κ3) is 3.98. The van der Waals surface area contributed by atoms with Gasteiger partial charge in [-0.15, -0.1) is 0 Å². The van der Waals surface area contributed by atoms with Gasteiger partial charge in [0.05, 0.1) is 0 Å². The summed E-state index contributed by atoms with van der Waals surface area (Å²) >= 11 is 5.39. The zero-order valence-electron chi connectivity index (χ0n) is 6.33. The Morgan fingerprint density at radius 1 is 1.55 bits per heavy atom. The van der Waals surface area contributed by atoms with Crippen molar-refractivity contribution in [3.05, 3.63) is 11.1 Å². The summed E-state index contributed by atoms with van der Waals surface area (Å²) in [7, 11) is 2.85. The van der Waals surface area contributed by atoms with Crippen molar-refractivity contribution in [2.24, 2.45) is 5.73 Å². The molecule has 0 aromatic rings. The molecule has 0 saturated carbocycles. The highest BCUT2D eigenvalue weighted by molar-refractivity contribution is 6.41. The van der Waals surface area contributed by atoms with Gasteiger partial charge in [-0.25, -0.2) is 0 Å². The molecule has 0 rings (SSSR count). The molecular weight excluding hydrogens is 170 g/mol. The van der Waals surface area contributed by atoms with Crippen molar-refractivity contribution in [3.63, 3.8) is 0 Å². The molecule has 64 valence electrons. The third-order valence-corrected chi connectivity index (χ3v) is 1.29. The molecule has 5 heteroatoms. The molecule has 0 radical (unpaired) electrons. The molecule has 0 aromatic carbocycles. The van der Waals surface area contributed by atoms with Crippen LogP contribution in [0.4, 0.5) is 0 Å². The summed E-state index contributed by atoms with van der Waals surface area (Å²) in [5.41, 5.74) is 4.84. The number of carbonyl (C=O) groups is 1. The number of methoxy groups -OCH3 is 2. The van der Waals surface area contributed by atoms with Gasteiger partial charge in [-0.1, -0.05) is 11.6 Å². The number of primary amides is 1. The van der Waals surface area contributed by atoms with Gasteiger partial charge in [0.2, 0.25) is 0 Å². The van der Waals surface area contributed by atoms with E-state index in [0.717, 1.165) is 0 Å². The monoisotopic (exact) mass is 179 g/mol. The van der Waals surface area contributed by atoms with E-state index < -0.39 is 12.2 Å². The predicted molar refractivity (Wildman–Crippen MR) is 40.9 cm³/mol. The molecule has 0 aliphatic rings. The number of hydrogen-bond acceptors (Lipinski definition) is 3. The van der Waals surface area contributed by atoms with Crippen molar-refractivity contribution in [2.45, 2.75) is 6.29 Å². The average molecular weight is 180 g/mol. The molecule has 0 spiro atoms. The van der Waals surface area contributed by atoms with Crippen molar-refractivity contribution in [1.29, 1.82) is 0 Å². The topological polar surface area (TPSA) is 61.5 Å². The van der Waals surface area contributed by atoms with Crippen LogP contribution >= 0.6 is 11.6 Å². The van der Waals surface area contributed by atoms with Gasteiger partial charge in [0.1, 0.15) is 5.03 Å². The van der Waals surface area contributed by atoms with Crippen LogP contribution in [0.2, 0.25) is 0 Å². The van der Waals surface area contributed by atoms with Crippen LogP contribution in [0.5, 0.6) is 0 Å². The molecule has 0 fully saturated rings. The Labute approximate surface area is 69.9 Å². The standard InChI is InChI=1S/C6H10ClNO3/c1-10-5(11-2)3-4(7)6(8)9/h3,5H,1-2H3,(H2,8,9)/b4-3+. The van der Waals surface area contributed by atoms with Gasteiger partial charge < -0.3 is 15.2 Å². The van der Waals surface area contributed by atoms with Crippen molar-refractivity contribution in [1.82, 2.24) is 0 Å². The molecule has 0 bridgehead atoms. The average Bonchev–Trinajstić information content (AvgIpc) is 1.99. The van der Waals surface area contributed by atoms with Crippen molar-refractivity contribution in [3.8, 4) is 0 Å². The van der Waals surface area contributed by atoms with E-state index in [0.29, 0.717) is 0 Å². The van der Waals surface area contributed by atoms with E-state index in [1.807, 2.05) is 0 Å². The highest BCUT2D eigenvalue weighted by Crippen LogP contribution is 2.04. The van der Waals surface area contributed by atoms with Gasteiger partial charge in [-0.2, -0.15) is 0 Å². The number of nitrogens with two attached hydrogens (primary N) is 1. The van der Waals surface area contributed by atoms with E-state index in [1.165, 1.54) is 20.3 Å². The molecule has 0 unspecified atom stereocenters. The number of amides is 1. The number of ether oxygens (including phenoxy) is 2. The van der Waals surface area contributed by atoms with E-state index in [2.05, 4.69) is 0 Å². The smallest absolute Gasteiger partial charge is 0.260 e. The second kappa shape index (κ2) is 5.12. The SMILES string of the molecule is COC(/C=C(/Cl)C(N)=O)OC. The fraction of sp³-hybridized carbons (Fsp3) is 0.500. The molecule has 11 heavy (non-hydrogen) atoms. The third-order valence-electron chi connectivity index (χ3n) is 0.982. The summed E-state index contributed by atoms with van der Waals surface area (Å²) in [5.74, 6) is -0.703. The minimum atomic E-state index is -0.703. The van der Waals surface area contributed by atoms with Crippen molar-refractivity contribution < 1.29 is 14.3 Å². The van der Waals surface area contributed by atoms with Gasteiger partial charge in [0.15, 0.2) is 6.29 Å². The molecule has 0 aliphatic heterocycles. The molecular formula is C6H10ClNO3. The second-order valence-electron chi connectivity index (χ2n) is 1.72. The van der Waals surface area contributed by atoms with E-state index in [9.17, 15) is 4.79 Å². The first-order valence-corrected chi connectivity index (χ1v) is 3.22. The summed E-state index contributed by atoms with van der Waals surface area (Å²) in [4.78, 5) is 10.4. The van der Waals surface area contributed by atoms with Crippen LogP contribution in [0, 0.1) is 0 Å². The van der Waals surface area contributed by atoms with Crippen molar-refractivity contribution >= 4 is 17.5 Å². The highest BCUT2D eigenvalue weighted by atomic mass is 35.5. The number of rotatable bonds is 4. The van der Waals surface area contributed by atoms with Crippen LogP contribution in [-0.4, -0.2) is 26.4 Å². The first-order valence-electron chi connectivity index (χ1n) is 2.84. The molecule has 0 atom stereocenters. The summed E-state index contributed by atoms with van der Waals surface area (Å²) in [6.45, 7) is 0.